The Bertz CT molecular complexity index is 753. The number of anilines is 1. The second kappa shape index (κ2) is 6.66. The van der Waals surface area contributed by atoms with E-state index < -0.39 is 0 Å². The first-order valence-electron chi connectivity index (χ1n) is 7.75. The van der Waals surface area contributed by atoms with Gasteiger partial charge in [-0.2, -0.15) is 0 Å². The Labute approximate surface area is 139 Å². The van der Waals surface area contributed by atoms with Crippen LogP contribution in [0.3, 0.4) is 0 Å². The third kappa shape index (κ3) is 3.19. The highest BCUT2D eigenvalue weighted by Gasteiger charge is 2.29. The second-order valence-electron chi connectivity index (χ2n) is 5.77. The van der Waals surface area contributed by atoms with Crippen molar-refractivity contribution in [1.29, 1.82) is 0 Å². The number of nitrogens with zero attached hydrogens (tertiary/aromatic N) is 3. The second-order valence-corrected chi connectivity index (χ2v) is 5.77. The van der Waals surface area contributed by atoms with Crippen LogP contribution in [0.25, 0.3) is 0 Å². The number of hydrogen-bond acceptors (Lipinski definition) is 6. The number of hydrogen-bond donors (Lipinski definition) is 2. The van der Waals surface area contributed by atoms with Crippen molar-refractivity contribution >= 4 is 17.5 Å². The Balaban J connectivity index is 1.63. The number of nitrogen functional groups attached to an aromatic ring is 1. The molecule has 0 spiro atoms. The van der Waals surface area contributed by atoms with E-state index in [-0.39, 0.29) is 34.9 Å². The van der Waals surface area contributed by atoms with E-state index in [4.69, 9.17) is 5.73 Å². The third-order valence-corrected chi connectivity index (χ3v) is 4.23. The van der Waals surface area contributed by atoms with Gasteiger partial charge < -0.3 is 15.7 Å². The molecule has 0 saturated carbocycles. The highest BCUT2D eigenvalue weighted by Crippen LogP contribution is 2.24. The number of phenols is 1. The zero-order valence-corrected chi connectivity index (χ0v) is 13.1. The summed E-state index contributed by atoms with van der Waals surface area (Å²) in [4.78, 5) is 34.4. The van der Waals surface area contributed by atoms with E-state index in [0.717, 1.165) is 0 Å². The molecule has 2 aromatic rings. The molecule has 2 heterocycles. The lowest BCUT2D eigenvalue weighted by molar-refractivity contribution is 0.0646. The number of ketones is 1. The van der Waals surface area contributed by atoms with Crippen LogP contribution in [0.15, 0.2) is 36.7 Å². The number of phenolic OH excluding ortho intramolecular Hbond substituents is 1. The molecule has 0 bridgehead atoms. The normalized spacial score (nSPS) is 15.2. The molecule has 124 valence electrons. The molecule has 1 aliphatic heterocycles. The summed E-state index contributed by atoms with van der Waals surface area (Å²) in [5.41, 5.74) is 6.43. The Hall–Kier alpha value is -2.96. The third-order valence-electron chi connectivity index (χ3n) is 4.23. The smallest absolute Gasteiger partial charge is 0.276 e. The monoisotopic (exact) mass is 326 g/mol. The van der Waals surface area contributed by atoms with Gasteiger partial charge in [-0.25, -0.2) is 9.97 Å². The number of amides is 1. The molecule has 0 unspecified atom stereocenters. The summed E-state index contributed by atoms with van der Waals surface area (Å²) < 4.78 is 0. The van der Waals surface area contributed by atoms with Gasteiger partial charge in [-0.15, -0.1) is 0 Å². The summed E-state index contributed by atoms with van der Waals surface area (Å²) in [7, 11) is 0. The SMILES string of the molecule is Nc1nccnc1C(=O)N1CCC(C(=O)c2ccc(O)cc2)CC1. The molecule has 0 atom stereocenters. The molecule has 0 aliphatic carbocycles. The van der Waals surface area contributed by atoms with Gasteiger partial charge in [0.05, 0.1) is 0 Å². The van der Waals surface area contributed by atoms with Gasteiger partial charge in [0.15, 0.2) is 17.3 Å². The zero-order chi connectivity index (χ0) is 17.1. The Morgan fingerprint density at radius 1 is 1.08 bits per heavy atom. The van der Waals surface area contributed by atoms with Crippen LogP contribution in [0.5, 0.6) is 5.75 Å². The van der Waals surface area contributed by atoms with Gasteiger partial charge >= 0.3 is 0 Å². The lowest BCUT2D eigenvalue weighted by Gasteiger charge is -2.31. The maximum absolute atomic E-state index is 12.5. The number of aromatic hydroxyl groups is 1. The van der Waals surface area contributed by atoms with Gasteiger partial charge in [0.25, 0.3) is 5.91 Å². The number of Topliss-reactive ketones (excluding diaryl/α,β-unsaturated/α-hetero) is 1. The first-order chi connectivity index (χ1) is 11.6. The molecule has 7 nitrogen and oxygen atoms in total. The van der Waals surface area contributed by atoms with Crippen molar-refractivity contribution in [3.8, 4) is 5.75 Å². The fraction of sp³-hybridized carbons (Fsp3) is 0.294. The molecule has 1 saturated heterocycles. The largest absolute Gasteiger partial charge is 0.508 e. The van der Waals surface area contributed by atoms with Gasteiger partial charge in [0.1, 0.15) is 5.75 Å². The van der Waals surface area contributed by atoms with E-state index >= 15 is 0 Å². The molecule has 1 aromatic carbocycles. The van der Waals surface area contributed by atoms with Crippen LogP contribution in [-0.4, -0.2) is 44.8 Å². The molecule has 0 radical (unpaired) electrons. The van der Waals surface area contributed by atoms with Crippen molar-refractivity contribution in [2.75, 3.05) is 18.8 Å². The average Bonchev–Trinajstić information content (AvgIpc) is 2.62. The number of rotatable bonds is 3. The highest BCUT2D eigenvalue weighted by atomic mass is 16.3. The number of nitrogens with two attached hydrogens (primary N) is 1. The van der Waals surface area contributed by atoms with Gasteiger partial charge in [0, 0.05) is 37.0 Å². The van der Waals surface area contributed by atoms with Gasteiger partial charge in [-0.1, -0.05) is 0 Å². The van der Waals surface area contributed by atoms with E-state index in [1.54, 1.807) is 17.0 Å². The molecule has 1 fully saturated rings. The maximum Gasteiger partial charge on any atom is 0.276 e. The van der Waals surface area contributed by atoms with Gasteiger partial charge in [-0.3, -0.25) is 9.59 Å². The van der Waals surface area contributed by atoms with Crippen LogP contribution in [0.2, 0.25) is 0 Å². The minimum atomic E-state index is -0.254. The maximum atomic E-state index is 12.5. The topological polar surface area (TPSA) is 109 Å². The number of benzene rings is 1. The predicted molar refractivity (Wildman–Crippen MR) is 87.5 cm³/mol. The van der Waals surface area contributed by atoms with Gasteiger partial charge in [-0.05, 0) is 37.1 Å². The number of carbonyl (C=O) groups excluding carboxylic acids is 2. The molecular weight excluding hydrogens is 308 g/mol. The Kier molecular flexibility index (Phi) is 4.41. The van der Waals surface area contributed by atoms with Crippen molar-refractivity contribution < 1.29 is 14.7 Å². The minimum absolute atomic E-state index is 0.0427. The Morgan fingerprint density at radius 2 is 1.71 bits per heavy atom. The zero-order valence-electron chi connectivity index (χ0n) is 13.1. The van der Waals surface area contributed by atoms with Crippen LogP contribution in [0.1, 0.15) is 33.7 Å². The highest BCUT2D eigenvalue weighted by molar-refractivity contribution is 5.99. The number of likely N-dealkylation sites (tertiary alicyclic amines) is 1. The van der Waals surface area contributed by atoms with Gasteiger partial charge in [0.2, 0.25) is 0 Å². The van der Waals surface area contributed by atoms with E-state index in [2.05, 4.69) is 9.97 Å². The molecule has 3 rings (SSSR count). The van der Waals surface area contributed by atoms with E-state index in [1.165, 1.54) is 24.5 Å². The van der Waals surface area contributed by atoms with Crippen LogP contribution in [-0.2, 0) is 0 Å². The Morgan fingerprint density at radius 3 is 2.33 bits per heavy atom. The standard InChI is InChI=1S/C17H18N4O3/c18-16-14(19-7-8-20-16)17(24)21-9-5-12(6-10-21)15(23)11-1-3-13(22)4-2-11/h1-4,7-8,12,22H,5-6,9-10H2,(H2,18,20). The average molecular weight is 326 g/mol. The molecular formula is C17H18N4O3. The van der Waals surface area contributed by atoms with Crippen molar-refractivity contribution in [3.63, 3.8) is 0 Å². The first kappa shape index (κ1) is 15.9. The lowest BCUT2D eigenvalue weighted by atomic mass is 9.89. The van der Waals surface area contributed by atoms with E-state index in [1.807, 2.05) is 0 Å². The number of piperidine rings is 1. The van der Waals surface area contributed by atoms with Crippen molar-refractivity contribution in [2.24, 2.45) is 5.92 Å². The summed E-state index contributed by atoms with van der Waals surface area (Å²) >= 11 is 0. The fourth-order valence-electron chi connectivity index (χ4n) is 2.87. The molecule has 3 N–H and O–H groups in total. The van der Waals surface area contributed by atoms with E-state index in [9.17, 15) is 14.7 Å². The number of aromatic nitrogens is 2. The van der Waals surface area contributed by atoms with Crippen molar-refractivity contribution in [2.45, 2.75) is 12.8 Å². The van der Waals surface area contributed by atoms with Crippen LogP contribution in [0.4, 0.5) is 5.82 Å². The minimum Gasteiger partial charge on any atom is -0.508 e. The quantitative estimate of drug-likeness (QED) is 0.827. The summed E-state index contributed by atoms with van der Waals surface area (Å²) in [6, 6.07) is 6.25. The summed E-state index contributed by atoms with van der Waals surface area (Å²) in [6.07, 6.45) is 4.05. The molecule has 1 aromatic heterocycles. The number of carbonyl (C=O) groups is 2. The van der Waals surface area contributed by atoms with Crippen LogP contribution < -0.4 is 5.73 Å². The fourth-order valence-corrected chi connectivity index (χ4v) is 2.87. The predicted octanol–water partition coefficient (Wildman–Crippen LogP) is 1.50. The van der Waals surface area contributed by atoms with Crippen LogP contribution >= 0.6 is 0 Å². The van der Waals surface area contributed by atoms with Crippen LogP contribution in [0, 0.1) is 5.92 Å². The molecule has 24 heavy (non-hydrogen) atoms. The summed E-state index contributed by atoms with van der Waals surface area (Å²) in [5, 5.41) is 9.30. The summed E-state index contributed by atoms with van der Waals surface area (Å²) in [5.74, 6) is -0.0895. The lowest BCUT2D eigenvalue weighted by Crippen LogP contribution is -2.41. The van der Waals surface area contributed by atoms with Crippen molar-refractivity contribution in [1.82, 2.24) is 14.9 Å². The summed E-state index contributed by atoms with van der Waals surface area (Å²) in [6.45, 7) is 0.951. The molecule has 1 amide bonds. The van der Waals surface area contributed by atoms with Crippen molar-refractivity contribution in [3.05, 3.63) is 47.9 Å². The first-order valence-corrected chi connectivity index (χ1v) is 7.75. The molecule has 1 aliphatic rings. The van der Waals surface area contributed by atoms with E-state index in [0.29, 0.717) is 31.5 Å². The molecule has 7 heteroatoms.